The van der Waals surface area contributed by atoms with Crippen molar-refractivity contribution in [1.82, 2.24) is 24.6 Å². The molecule has 2 amide bonds. The number of H-pyrrole nitrogens is 1. The highest BCUT2D eigenvalue weighted by atomic mass is 19.4. The van der Waals surface area contributed by atoms with Crippen molar-refractivity contribution in [3.8, 4) is 0 Å². The number of pyridine rings is 1. The zero-order chi connectivity index (χ0) is 26.2. The second-order valence-electron chi connectivity index (χ2n) is 9.13. The van der Waals surface area contributed by atoms with E-state index in [1.54, 1.807) is 17.2 Å². The van der Waals surface area contributed by atoms with Gasteiger partial charge in [0, 0.05) is 31.2 Å². The Hall–Kier alpha value is -4.15. The first kappa shape index (κ1) is 24.5. The maximum absolute atomic E-state index is 13.3. The highest BCUT2D eigenvalue weighted by Crippen LogP contribution is 2.34. The first-order valence-corrected chi connectivity index (χ1v) is 11.9. The van der Waals surface area contributed by atoms with Crippen molar-refractivity contribution in [2.75, 3.05) is 11.9 Å². The fourth-order valence-corrected chi connectivity index (χ4v) is 4.83. The van der Waals surface area contributed by atoms with Crippen molar-refractivity contribution in [1.29, 1.82) is 0 Å². The average Bonchev–Trinajstić information content (AvgIpc) is 3.50. The Balaban J connectivity index is 1.29. The third-order valence-electron chi connectivity index (χ3n) is 6.65. The lowest BCUT2D eigenvalue weighted by atomic mass is 9.99. The minimum Gasteiger partial charge on any atom is -0.336 e. The van der Waals surface area contributed by atoms with Crippen molar-refractivity contribution in [3.05, 3.63) is 77.4 Å². The molecule has 1 atom stereocenters. The molecule has 1 unspecified atom stereocenters. The molecule has 2 N–H and O–H groups in total. The van der Waals surface area contributed by atoms with E-state index in [9.17, 15) is 22.8 Å². The van der Waals surface area contributed by atoms with Crippen LogP contribution >= 0.6 is 0 Å². The van der Waals surface area contributed by atoms with Crippen LogP contribution in [0.15, 0.2) is 54.7 Å². The van der Waals surface area contributed by atoms with Crippen LogP contribution in [0.1, 0.15) is 52.7 Å². The average molecular weight is 511 g/mol. The molecule has 192 valence electrons. The molecule has 0 saturated carbocycles. The van der Waals surface area contributed by atoms with Crippen molar-refractivity contribution in [2.45, 2.75) is 37.9 Å². The number of anilines is 1. The normalized spacial score (nSPS) is 16.2. The van der Waals surface area contributed by atoms with E-state index in [2.05, 4.69) is 20.5 Å². The van der Waals surface area contributed by atoms with Crippen LogP contribution in [-0.4, -0.2) is 43.0 Å². The molecule has 1 saturated heterocycles. The number of likely N-dealkylation sites (tertiary alicyclic amines) is 1. The molecule has 0 aliphatic carbocycles. The summed E-state index contributed by atoms with van der Waals surface area (Å²) in [6.45, 7) is 0.410. The summed E-state index contributed by atoms with van der Waals surface area (Å²) in [7, 11) is 1.24. The van der Waals surface area contributed by atoms with Crippen LogP contribution in [0.2, 0.25) is 0 Å². The van der Waals surface area contributed by atoms with Crippen molar-refractivity contribution in [3.63, 3.8) is 0 Å². The number of carbonyl (C=O) groups is 2. The Labute approximate surface area is 210 Å². The summed E-state index contributed by atoms with van der Waals surface area (Å²) in [5.41, 5.74) is 1.39. The van der Waals surface area contributed by atoms with Gasteiger partial charge in [-0.3, -0.25) is 19.7 Å². The number of nitrogens with one attached hydrogen (secondary N) is 2. The first-order chi connectivity index (χ1) is 17.7. The van der Waals surface area contributed by atoms with Gasteiger partial charge in [-0.2, -0.15) is 18.3 Å². The van der Waals surface area contributed by atoms with Crippen LogP contribution in [-0.2, 0) is 24.4 Å². The number of halogens is 3. The monoisotopic (exact) mass is 510 g/mol. The smallest absolute Gasteiger partial charge is 0.336 e. The molecule has 4 heterocycles. The standard InChI is InChI=1S/C26H25F3N6O2/c1-34-21(9-10-22(34)26(27,28)29)25(37)35-12-3-2-6-20(35)19-15-23(33-32-19)31-24(36)14-16-7-8-18-17(13-16)5-4-11-30-18/h4-5,7-11,13,15,20H,2-3,6,12,14H2,1H3,(H2,31,32,33,36). The summed E-state index contributed by atoms with van der Waals surface area (Å²) in [5, 5.41) is 10.8. The zero-order valence-corrected chi connectivity index (χ0v) is 20.0. The Morgan fingerprint density at radius 3 is 2.76 bits per heavy atom. The van der Waals surface area contributed by atoms with Gasteiger partial charge >= 0.3 is 6.18 Å². The second kappa shape index (κ2) is 9.72. The van der Waals surface area contributed by atoms with Gasteiger partial charge in [0.05, 0.1) is 23.7 Å². The molecule has 4 aromatic rings. The van der Waals surface area contributed by atoms with Crippen LogP contribution in [0.4, 0.5) is 19.0 Å². The summed E-state index contributed by atoms with van der Waals surface area (Å²) >= 11 is 0. The van der Waals surface area contributed by atoms with Gasteiger partial charge in [0.2, 0.25) is 5.91 Å². The maximum Gasteiger partial charge on any atom is 0.431 e. The molecule has 0 radical (unpaired) electrons. The van der Waals surface area contributed by atoms with Gasteiger partial charge in [0.25, 0.3) is 5.91 Å². The number of aromatic amines is 1. The van der Waals surface area contributed by atoms with E-state index >= 15 is 0 Å². The quantitative estimate of drug-likeness (QED) is 0.401. The Kier molecular flexibility index (Phi) is 6.45. The number of fused-ring (bicyclic) bond motifs is 1. The zero-order valence-electron chi connectivity index (χ0n) is 20.0. The molecule has 1 aliphatic rings. The van der Waals surface area contributed by atoms with Gasteiger partial charge in [-0.15, -0.1) is 0 Å². The molecule has 5 rings (SSSR count). The van der Waals surface area contributed by atoms with E-state index in [-0.39, 0.29) is 18.0 Å². The van der Waals surface area contributed by atoms with E-state index in [0.717, 1.165) is 39.9 Å². The fraction of sp³-hybridized carbons (Fsp3) is 0.308. The molecule has 1 aliphatic heterocycles. The lowest BCUT2D eigenvalue weighted by Gasteiger charge is -2.35. The summed E-state index contributed by atoms with van der Waals surface area (Å²) in [6.07, 6.45) is -0.455. The summed E-state index contributed by atoms with van der Waals surface area (Å²) in [4.78, 5) is 31.7. The van der Waals surface area contributed by atoms with Gasteiger partial charge in [-0.05, 0) is 55.2 Å². The minimum atomic E-state index is -4.55. The number of hydrogen-bond acceptors (Lipinski definition) is 4. The third kappa shape index (κ3) is 5.07. The maximum atomic E-state index is 13.3. The number of piperidine rings is 1. The van der Waals surface area contributed by atoms with E-state index in [4.69, 9.17) is 0 Å². The summed E-state index contributed by atoms with van der Waals surface area (Å²) in [6, 6.07) is 12.8. The molecule has 37 heavy (non-hydrogen) atoms. The molecule has 8 nitrogen and oxygen atoms in total. The van der Waals surface area contributed by atoms with Gasteiger partial charge < -0.3 is 14.8 Å². The number of nitrogens with zero attached hydrogens (tertiary/aromatic N) is 4. The number of aromatic nitrogens is 4. The molecule has 1 fully saturated rings. The van der Waals surface area contributed by atoms with Gasteiger partial charge in [0.1, 0.15) is 11.4 Å². The minimum absolute atomic E-state index is 0.0298. The summed E-state index contributed by atoms with van der Waals surface area (Å²) < 4.78 is 40.6. The van der Waals surface area contributed by atoms with E-state index in [1.807, 2.05) is 30.3 Å². The van der Waals surface area contributed by atoms with Gasteiger partial charge in [-0.25, -0.2) is 0 Å². The molecule has 11 heteroatoms. The molecular weight excluding hydrogens is 485 g/mol. The van der Waals surface area contributed by atoms with Crippen LogP contribution < -0.4 is 5.32 Å². The Morgan fingerprint density at radius 2 is 1.97 bits per heavy atom. The van der Waals surface area contributed by atoms with E-state index in [0.29, 0.717) is 24.5 Å². The number of carbonyl (C=O) groups excluding carboxylic acids is 2. The van der Waals surface area contributed by atoms with Crippen LogP contribution in [0.5, 0.6) is 0 Å². The van der Waals surface area contributed by atoms with Gasteiger partial charge in [0.15, 0.2) is 5.82 Å². The van der Waals surface area contributed by atoms with Gasteiger partial charge in [-0.1, -0.05) is 12.1 Å². The number of amides is 2. The number of rotatable bonds is 5. The largest absolute Gasteiger partial charge is 0.431 e. The van der Waals surface area contributed by atoms with E-state index in [1.165, 1.54) is 13.1 Å². The van der Waals surface area contributed by atoms with Crippen LogP contribution in [0.25, 0.3) is 10.9 Å². The predicted octanol–water partition coefficient (Wildman–Crippen LogP) is 4.86. The predicted molar refractivity (Wildman–Crippen MR) is 131 cm³/mol. The fourth-order valence-electron chi connectivity index (χ4n) is 4.83. The Bertz CT molecular complexity index is 1460. The highest BCUT2D eigenvalue weighted by Gasteiger charge is 2.37. The van der Waals surface area contributed by atoms with Crippen molar-refractivity contribution >= 4 is 28.5 Å². The number of alkyl halides is 3. The molecule has 0 spiro atoms. The third-order valence-corrected chi connectivity index (χ3v) is 6.65. The second-order valence-corrected chi connectivity index (χ2v) is 9.13. The molecular formula is C26H25F3N6O2. The molecule has 0 bridgehead atoms. The number of benzene rings is 1. The highest BCUT2D eigenvalue weighted by molar-refractivity contribution is 5.94. The molecule has 1 aromatic carbocycles. The molecule has 3 aromatic heterocycles. The summed E-state index contributed by atoms with van der Waals surface area (Å²) in [5.74, 6) is -0.409. The SMILES string of the molecule is Cn1c(C(=O)N2CCCCC2c2cc(NC(=O)Cc3ccc4ncccc4c3)n[nH]2)ccc1C(F)(F)F. The topological polar surface area (TPSA) is 95.9 Å². The Morgan fingerprint density at radius 1 is 1.14 bits per heavy atom. The lowest BCUT2D eigenvalue weighted by Crippen LogP contribution is -2.39. The van der Waals surface area contributed by atoms with Crippen LogP contribution in [0.3, 0.4) is 0 Å². The first-order valence-electron chi connectivity index (χ1n) is 11.9. The van der Waals surface area contributed by atoms with Crippen molar-refractivity contribution in [2.24, 2.45) is 7.05 Å². The van der Waals surface area contributed by atoms with Crippen molar-refractivity contribution < 1.29 is 22.8 Å². The number of hydrogen-bond donors (Lipinski definition) is 2. The lowest BCUT2D eigenvalue weighted by molar-refractivity contribution is -0.143. The van der Waals surface area contributed by atoms with Crippen LogP contribution in [0, 0.1) is 0 Å². The van der Waals surface area contributed by atoms with E-state index < -0.39 is 23.8 Å².